The standard InChI is InChI=1S/C25H36N2S/c1-7-11-15-24(5,9-3)17-19(18-26)23-27-21-13-12-20(16-22(21)28-23)25(6,10-4)14-8-2/h12-13,16-17H,7-11,14-15H2,1-6H3/b19-17+. The van der Waals surface area contributed by atoms with E-state index in [1.807, 2.05) is 0 Å². The molecule has 1 aromatic heterocycles. The predicted octanol–water partition coefficient (Wildman–Crippen LogP) is 8.28. The van der Waals surface area contributed by atoms with E-state index in [1.54, 1.807) is 11.3 Å². The number of benzene rings is 1. The lowest BCUT2D eigenvalue weighted by Gasteiger charge is -2.28. The topological polar surface area (TPSA) is 36.7 Å². The number of rotatable bonds is 10. The molecule has 0 aliphatic carbocycles. The molecule has 0 spiro atoms. The lowest BCUT2D eigenvalue weighted by molar-refractivity contribution is 0.365. The van der Waals surface area contributed by atoms with Gasteiger partial charge in [0.1, 0.15) is 11.1 Å². The van der Waals surface area contributed by atoms with E-state index in [0.29, 0.717) is 0 Å². The smallest absolute Gasteiger partial charge is 0.134 e. The van der Waals surface area contributed by atoms with Gasteiger partial charge in [-0.1, -0.05) is 72.9 Å². The van der Waals surface area contributed by atoms with Crippen LogP contribution in [0.4, 0.5) is 0 Å². The number of nitriles is 1. The van der Waals surface area contributed by atoms with Gasteiger partial charge in [-0.2, -0.15) is 5.26 Å². The molecule has 2 aromatic rings. The van der Waals surface area contributed by atoms with E-state index < -0.39 is 0 Å². The molecule has 2 nitrogen and oxygen atoms in total. The summed E-state index contributed by atoms with van der Waals surface area (Å²) in [5.74, 6) is 0. The maximum absolute atomic E-state index is 9.83. The molecule has 1 aromatic carbocycles. The van der Waals surface area contributed by atoms with Crippen LogP contribution in [0.15, 0.2) is 24.3 Å². The minimum atomic E-state index is 0.0615. The van der Waals surface area contributed by atoms with Gasteiger partial charge in [0.05, 0.1) is 15.8 Å². The van der Waals surface area contributed by atoms with E-state index in [4.69, 9.17) is 4.98 Å². The average molecular weight is 397 g/mol. The summed E-state index contributed by atoms with van der Waals surface area (Å²) in [6, 6.07) is 9.11. The summed E-state index contributed by atoms with van der Waals surface area (Å²) in [5.41, 5.74) is 3.40. The molecule has 0 N–H and O–H groups in total. The van der Waals surface area contributed by atoms with Crippen LogP contribution in [0.3, 0.4) is 0 Å². The van der Waals surface area contributed by atoms with Gasteiger partial charge in [-0.3, -0.25) is 0 Å². The van der Waals surface area contributed by atoms with Gasteiger partial charge in [-0.15, -0.1) is 11.3 Å². The van der Waals surface area contributed by atoms with Crippen LogP contribution in [0.5, 0.6) is 0 Å². The molecule has 0 radical (unpaired) electrons. The maximum Gasteiger partial charge on any atom is 0.134 e. The molecule has 0 saturated heterocycles. The molecule has 0 aliphatic heterocycles. The Morgan fingerprint density at radius 3 is 2.43 bits per heavy atom. The summed E-state index contributed by atoms with van der Waals surface area (Å²) >= 11 is 1.66. The first-order chi connectivity index (χ1) is 13.3. The lowest BCUT2D eigenvalue weighted by Crippen LogP contribution is -2.20. The van der Waals surface area contributed by atoms with Crippen molar-refractivity contribution in [3.63, 3.8) is 0 Å². The van der Waals surface area contributed by atoms with E-state index in [2.05, 4.69) is 71.9 Å². The van der Waals surface area contributed by atoms with Crippen LogP contribution < -0.4 is 0 Å². The molecule has 152 valence electrons. The highest BCUT2D eigenvalue weighted by atomic mass is 32.1. The van der Waals surface area contributed by atoms with Gasteiger partial charge in [0.15, 0.2) is 0 Å². The molecule has 0 amide bonds. The van der Waals surface area contributed by atoms with Crippen molar-refractivity contribution in [1.82, 2.24) is 4.98 Å². The molecule has 0 saturated carbocycles. The van der Waals surface area contributed by atoms with Gasteiger partial charge in [0.2, 0.25) is 0 Å². The Morgan fingerprint density at radius 2 is 1.86 bits per heavy atom. The van der Waals surface area contributed by atoms with E-state index >= 15 is 0 Å². The monoisotopic (exact) mass is 396 g/mol. The number of nitrogens with zero attached hydrogens (tertiary/aromatic N) is 2. The molecule has 2 atom stereocenters. The Balaban J connectivity index is 2.44. The fourth-order valence-corrected chi connectivity index (χ4v) is 4.89. The average Bonchev–Trinajstić information content (AvgIpc) is 3.13. The minimum absolute atomic E-state index is 0.0615. The summed E-state index contributed by atoms with van der Waals surface area (Å²) in [7, 11) is 0. The molecule has 28 heavy (non-hydrogen) atoms. The quantitative estimate of drug-likeness (QED) is 0.379. The van der Waals surface area contributed by atoms with Crippen molar-refractivity contribution in [2.45, 2.75) is 91.9 Å². The highest BCUT2D eigenvalue weighted by Gasteiger charge is 2.25. The minimum Gasteiger partial charge on any atom is -0.235 e. The van der Waals surface area contributed by atoms with Crippen molar-refractivity contribution in [2.24, 2.45) is 5.41 Å². The molecular formula is C25H36N2S. The third-order valence-electron chi connectivity index (χ3n) is 6.42. The van der Waals surface area contributed by atoms with E-state index in [1.165, 1.54) is 35.9 Å². The highest BCUT2D eigenvalue weighted by molar-refractivity contribution is 7.19. The zero-order valence-corrected chi connectivity index (χ0v) is 19.4. The van der Waals surface area contributed by atoms with E-state index in [-0.39, 0.29) is 10.8 Å². The van der Waals surface area contributed by atoms with Crippen LogP contribution >= 0.6 is 11.3 Å². The van der Waals surface area contributed by atoms with Crippen LogP contribution in [0.1, 0.15) is 97.1 Å². The van der Waals surface area contributed by atoms with Crippen LogP contribution in [0.2, 0.25) is 0 Å². The third kappa shape index (κ3) is 5.03. The molecule has 2 rings (SSSR count). The van der Waals surface area contributed by atoms with Gasteiger partial charge in [0.25, 0.3) is 0 Å². The highest BCUT2D eigenvalue weighted by Crippen LogP contribution is 2.38. The summed E-state index contributed by atoms with van der Waals surface area (Å²) in [5, 5.41) is 10.7. The first-order valence-electron chi connectivity index (χ1n) is 10.9. The predicted molar refractivity (Wildman–Crippen MR) is 124 cm³/mol. The molecule has 1 heterocycles. The van der Waals surface area contributed by atoms with Crippen LogP contribution in [0, 0.1) is 16.7 Å². The Hall–Kier alpha value is -1.66. The zero-order valence-electron chi connectivity index (χ0n) is 18.6. The van der Waals surface area contributed by atoms with Crippen LogP contribution in [0.25, 0.3) is 15.8 Å². The van der Waals surface area contributed by atoms with Gasteiger partial charge in [-0.25, -0.2) is 4.98 Å². The maximum atomic E-state index is 9.83. The van der Waals surface area contributed by atoms with Crippen molar-refractivity contribution >= 4 is 27.1 Å². The first kappa shape index (κ1) is 22.6. The number of unbranched alkanes of at least 4 members (excludes halogenated alkanes) is 1. The number of hydrogen-bond acceptors (Lipinski definition) is 3. The Bertz CT molecular complexity index is 857. The number of aromatic nitrogens is 1. The Labute approximate surface area is 175 Å². The molecule has 0 fully saturated rings. The largest absolute Gasteiger partial charge is 0.235 e. The fourth-order valence-electron chi connectivity index (χ4n) is 3.91. The third-order valence-corrected chi connectivity index (χ3v) is 7.47. The summed E-state index contributed by atoms with van der Waals surface area (Å²) in [4.78, 5) is 4.81. The van der Waals surface area contributed by atoms with E-state index in [0.717, 1.165) is 35.4 Å². The second-order valence-corrected chi connectivity index (χ2v) is 9.68. The van der Waals surface area contributed by atoms with Crippen molar-refractivity contribution in [3.8, 4) is 6.07 Å². The van der Waals surface area contributed by atoms with Crippen LogP contribution in [-0.4, -0.2) is 4.98 Å². The van der Waals surface area contributed by atoms with Gasteiger partial charge in [-0.05, 0) is 54.2 Å². The lowest BCUT2D eigenvalue weighted by atomic mass is 9.76. The van der Waals surface area contributed by atoms with Crippen molar-refractivity contribution in [2.75, 3.05) is 0 Å². The summed E-state index contributed by atoms with van der Waals surface area (Å²) < 4.78 is 1.19. The summed E-state index contributed by atoms with van der Waals surface area (Å²) in [6.07, 6.45) is 10.2. The number of hydrogen-bond donors (Lipinski definition) is 0. The second kappa shape index (κ2) is 9.70. The van der Waals surface area contributed by atoms with Gasteiger partial charge >= 0.3 is 0 Å². The Kier molecular flexibility index (Phi) is 7.84. The van der Waals surface area contributed by atoms with Gasteiger partial charge < -0.3 is 0 Å². The van der Waals surface area contributed by atoms with Gasteiger partial charge in [0, 0.05) is 0 Å². The van der Waals surface area contributed by atoms with Crippen molar-refractivity contribution in [1.29, 1.82) is 5.26 Å². The van der Waals surface area contributed by atoms with E-state index in [9.17, 15) is 5.26 Å². The number of fused-ring (bicyclic) bond motifs is 1. The SMILES string of the molecule is CCCCC(C)(/C=C(\C#N)c1nc2ccc(C(C)(CC)CCC)cc2s1)CC. The zero-order chi connectivity index (χ0) is 20.8. The normalized spacial score (nSPS) is 16.5. The second-order valence-electron chi connectivity index (χ2n) is 8.65. The van der Waals surface area contributed by atoms with Crippen molar-refractivity contribution < 1.29 is 0 Å². The number of thiazole rings is 1. The van der Waals surface area contributed by atoms with Crippen LogP contribution in [-0.2, 0) is 5.41 Å². The fraction of sp³-hybridized carbons (Fsp3) is 0.600. The molecular weight excluding hydrogens is 360 g/mol. The molecule has 2 unspecified atom stereocenters. The molecule has 0 bridgehead atoms. The molecule has 3 heteroatoms. The summed E-state index contributed by atoms with van der Waals surface area (Å²) in [6.45, 7) is 13.6. The Morgan fingerprint density at radius 1 is 1.11 bits per heavy atom. The molecule has 0 aliphatic rings. The van der Waals surface area contributed by atoms with Crippen molar-refractivity contribution in [3.05, 3.63) is 34.8 Å². The first-order valence-corrected chi connectivity index (χ1v) is 11.7. The number of allylic oxidation sites excluding steroid dienone is 2.